The highest BCUT2D eigenvalue weighted by atomic mass is 19.1. The Morgan fingerprint density at radius 1 is 0.970 bits per heavy atom. The molecule has 2 aliphatic rings. The van der Waals surface area contributed by atoms with Gasteiger partial charge < -0.3 is 19.5 Å². The van der Waals surface area contributed by atoms with Crippen LogP contribution in [-0.2, 0) is 4.79 Å². The molecule has 0 atom stereocenters. The Kier molecular flexibility index (Phi) is 6.76. The summed E-state index contributed by atoms with van der Waals surface area (Å²) in [6.45, 7) is 3.62. The van der Waals surface area contributed by atoms with Gasteiger partial charge in [-0.3, -0.25) is 14.4 Å². The van der Waals surface area contributed by atoms with Gasteiger partial charge in [-0.25, -0.2) is 8.78 Å². The number of piperidine rings is 2. The topological polar surface area (TPSA) is 82.9 Å². The maximum Gasteiger partial charge on any atom is 0.287 e. The molecule has 4 rings (SSSR count). The van der Waals surface area contributed by atoms with Crippen molar-refractivity contribution >= 4 is 17.7 Å². The average molecular weight is 459 g/mol. The van der Waals surface area contributed by atoms with E-state index in [1.165, 1.54) is 11.2 Å². The predicted molar refractivity (Wildman–Crippen MR) is 115 cm³/mol. The van der Waals surface area contributed by atoms with E-state index in [9.17, 15) is 23.2 Å². The number of carbonyl (C=O) groups excluding carboxylic acids is 3. The van der Waals surface area contributed by atoms with Crippen molar-refractivity contribution in [2.45, 2.75) is 38.6 Å². The number of furan rings is 1. The van der Waals surface area contributed by atoms with Gasteiger partial charge in [0.1, 0.15) is 11.6 Å². The van der Waals surface area contributed by atoms with Crippen LogP contribution in [0.5, 0.6) is 0 Å². The van der Waals surface area contributed by atoms with Gasteiger partial charge in [0, 0.05) is 49.8 Å². The Balaban J connectivity index is 1.24. The largest absolute Gasteiger partial charge is 0.459 e. The van der Waals surface area contributed by atoms with Crippen molar-refractivity contribution in [2.75, 3.05) is 26.2 Å². The number of carbonyl (C=O) groups is 3. The molecule has 176 valence electrons. The standard InChI is InChI=1S/C24H27F2N3O4/c1-15-8-13-33-21(15)22(30)27-18-6-11-28(12-7-18)23(31)16-4-9-29(10-5-16)24(32)19-3-2-17(25)14-20(19)26/h2-3,8,13-14,16,18H,4-7,9-12H2,1H3,(H,27,30). The third-order valence-corrected chi connectivity index (χ3v) is 6.50. The van der Waals surface area contributed by atoms with Crippen molar-refractivity contribution in [1.82, 2.24) is 15.1 Å². The van der Waals surface area contributed by atoms with Crippen LogP contribution < -0.4 is 5.32 Å². The van der Waals surface area contributed by atoms with Crippen LogP contribution >= 0.6 is 0 Å². The molecule has 9 heteroatoms. The SMILES string of the molecule is Cc1ccoc1C(=O)NC1CCN(C(=O)C2CCN(C(=O)c3ccc(F)cc3F)CC2)CC1. The van der Waals surface area contributed by atoms with E-state index in [0.717, 1.165) is 17.7 Å². The van der Waals surface area contributed by atoms with E-state index in [4.69, 9.17) is 4.42 Å². The summed E-state index contributed by atoms with van der Waals surface area (Å²) in [5.74, 6) is -2.15. The average Bonchev–Trinajstić information content (AvgIpc) is 3.25. The summed E-state index contributed by atoms with van der Waals surface area (Å²) in [5.41, 5.74) is 0.627. The van der Waals surface area contributed by atoms with Crippen LogP contribution in [0.15, 0.2) is 34.9 Å². The number of amides is 3. The quantitative estimate of drug-likeness (QED) is 0.762. The Labute approximate surface area is 190 Å². The van der Waals surface area contributed by atoms with Crippen molar-refractivity contribution in [3.63, 3.8) is 0 Å². The van der Waals surface area contributed by atoms with E-state index in [1.807, 2.05) is 11.8 Å². The van der Waals surface area contributed by atoms with Gasteiger partial charge in [-0.15, -0.1) is 0 Å². The van der Waals surface area contributed by atoms with Gasteiger partial charge in [0.15, 0.2) is 5.76 Å². The van der Waals surface area contributed by atoms with Gasteiger partial charge in [-0.1, -0.05) is 0 Å². The zero-order chi connectivity index (χ0) is 23.5. The zero-order valence-corrected chi connectivity index (χ0v) is 18.5. The van der Waals surface area contributed by atoms with Crippen molar-refractivity contribution in [2.24, 2.45) is 5.92 Å². The van der Waals surface area contributed by atoms with Crippen molar-refractivity contribution in [3.05, 3.63) is 59.1 Å². The Hall–Kier alpha value is -3.23. The molecule has 0 saturated carbocycles. The van der Waals surface area contributed by atoms with Gasteiger partial charge in [-0.05, 0) is 50.8 Å². The minimum atomic E-state index is -0.879. The molecule has 0 spiro atoms. The smallest absolute Gasteiger partial charge is 0.287 e. The first-order chi connectivity index (χ1) is 15.8. The van der Waals surface area contributed by atoms with Crippen LogP contribution in [0.2, 0.25) is 0 Å². The summed E-state index contributed by atoms with van der Waals surface area (Å²) in [6, 6.07) is 4.64. The fourth-order valence-electron chi connectivity index (χ4n) is 4.52. The first kappa shape index (κ1) is 22.9. The highest BCUT2D eigenvalue weighted by molar-refractivity contribution is 5.95. The van der Waals surface area contributed by atoms with Crippen LogP contribution in [0, 0.1) is 24.5 Å². The van der Waals surface area contributed by atoms with Gasteiger partial charge in [-0.2, -0.15) is 0 Å². The van der Waals surface area contributed by atoms with Gasteiger partial charge in [0.2, 0.25) is 5.91 Å². The lowest BCUT2D eigenvalue weighted by molar-refractivity contribution is -0.138. The summed E-state index contributed by atoms with van der Waals surface area (Å²) in [6.07, 6.45) is 3.82. The maximum atomic E-state index is 13.9. The maximum absolute atomic E-state index is 13.9. The second-order valence-corrected chi connectivity index (χ2v) is 8.70. The minimum Gasteiger partial charge on any atom is -0.459 e. The molecule has 2 aliphatic heterocycles. The van der Waals surface area contributed by atoms with Crippen molar-refractivity contribution in [3.8, 4) is 0 Å². The molecule has 2 aromatic rings. The monoisotopic (exact) mass is 459 g/mol. The Bertz CT molecular complexity index is 1040. The van der Waals surface area contributed by atoms with Crippen LogP contribution in [0.1, 0.15) is 52.2 Å². The number of hydrogen-bond acceptors (Lipinski definition) is 4. The highest BCUT2D eigenvalue weighted by Gasteiger charge is 2.33. The fraction of sp³-hybridized carbons (Fsp3) is 0.458. The summed E-state index contributed by atoms with van der Waals surface area (Å²) >= 11 is 0. The third-order valence-electron chi connectivity index (χ3n) is 6.50. The molecule has 3 amide bonds. The first-order valence-electron chi connectivity index (χ1n) is 11.2. The lowest BCUT2D eigenvalue weighted by Gasteiger charge is -2.37. The normalized spacial score (nSPS) is 17.8. The zero-order valence-electron chi connectivity index (χ0n) is 18.5. The van der Waals surface area contributed by atoms with Crippen molar-refractivity contribution in [1.29, 1.82) is 0 Å². The molecule has 0 aliphatic carbocycles. The summed E-state index contributed by atoms with van der Waals surface area (Å²) < 4.78 is 32.3. The molecule has 33 heavy (non-hydrogen) atoms. The van der Waals surface area contributed by atoms with Gasteiger partial charge >= 0.3 is 0 Å². The fourth-order valence-corrected chi connectivity index (χ4v) is 4.52. The number of likely N-dealkylation sites (tertiary alicyclic amines) is 2. The van der Waals surface area contributed by atoms with E-state index < -0.39 is 17.5 Å². The molecule has 0 unspecified atom stereocenters. The molecule has 2 fully saturated rings. The highest BCUT2D eigenvalue weighted by Crippen LogP contribution is 2.24. The van der Waals surface area contributed by atoms with E-state index >= 15 is 0 Å². The third kappa shape index (κ3) is 5.07. The molecule has 3 heterocycles. The number of hydrogen-bond donors (Lipinski definition) is 1. The summed E-state index contributed by atoms with van der Waals surface area (Å²) in [4.78, 5) is 41.2. The van der Waals surface area contributed by atoms with Crippen LogP contribution in [0.25, 0.3) is 0 Å². The molecule has 1 N–H and O–H groups in total. The van der Waals surface area contributed by atoms with Crippen LogP contribution in [0.4, 0.5) is 8.78 Å². The second-order valence-electron chi connectivity index (χ2n) is 8.70. The predicted octanol–water partition coefficient (Wildman–Crippen LogP) is 3.14. The number of nitrogens with zero attached hydrogens (tertiary/aromatic N) is 2. The Morgan fingerprint density at radius 3 is 2.24 bits per heavy atom. The number of halogens is 2. The number of rotatable bonds is 4. The number of nitrogens with one attached hydrogen (secondary N) is 1. The molecule has 0 radical (unpaired) electrons. The number of benzene rings is 1. The van der Waals surface area contributed by atoms with E-state index in [0.29, 0.717) is 63.7 Å². The summed E-state index contributed by atoms with van der Waals surface area (Å²) in [5, 5.41) is 2.97. The number of aryl methyl sites for hydroxylation is 1. The lowest BCUT2D eigenvalue weighted by atomic mass is 9.93. The molecule has 2 saturated heterocycles. The first-order valence-corrected chi connectivity index (χ1v) is 11.2. The van der Waals surface area contributed by atoms with Crippen molar-refractivity contribution < 1.29 is 27.6 Å². The molecule has 0 bridgehead atoms. The van der Waals surface area contributed by atoms with Gasteiger partial charge in [0.05, 0.1) is 11.8 Å². The molecular formula is C24H27F2N3O4. The molecule has 7 nitrogen and oxygen atoms in total. The van der Waals surface area contributed by atoms with Crippen LogP contribution in [-0.4, -0.2) is 59.7 Å². The summed E-state index contributed by atoms with van der Waals surface area (Å²) in [7, 11) is 0. The van der Waals surface area contributed by atoms with E-state index in [2.05, 4.69) is 5.32 Å². The Morgan fingerprint density at radius 2 is 1.64 bits per heavy atom. The van der Waals surface area contributed by atoms with Gasteiger partial charge in [0.25, 0.3) is 11.8 Å². The molecule has 1 aromatic carbocycles. The molecular weight excluding hydrogens is 432 g/mol. The van der Waals surface area contributed by atoms with Crippen LogP contribution in [0.3, 0.4) is 0 Å². The lowest BCUT2D eigenvalue weighted by Crippen LogP contribution is -2.50. The van der Waals surface area contributed by atoms with E-state index in [-0.39, 0.29) is 29.3 Å². The molecule has 1 aromatic heterocycles. The second kappa shape index (κ2) is 9.72. The minimum absolute atomic E-state index is 0.0175. The van der Waals surface area contributed by atoms with E-state index in [1.54, 1.807) is 6.07 Å².